The van der Waals surface area contributed by atoms with E-state index in [1.54, 1.807) is 7.05 Å². The summed E-state index contributed by atoms with van der Waals surface area (Å²) in [5, 5.41) is 12.1. The number of hydrogen-bond acceptors (Lipinski definition) is 2. The van der Waals surface area contributed by atoms with E-state index in [1.807, 2.05) is 32.1 Å². The third kappa shape index (κ3) is 2.70. The largest absolute Gasteiger partial charge is 0.379 e. The molecular formula is C16H18N2. The molecule has 1 aromatic rings. The van der Waals surface area contributed by atoms with Gasteiger partial charge in [0.25, 0.3) is 0 Å². The maximum Gasteiger partial charge on any atom is 0.121 e. The lowest BCUT2D eigenvalue weighted by atomic mass is 9.94. The molecule has 1 rings (SSSR count). The standard InChI is InChI=1S/C16H18N2/c1-6-13-7-8-14(9-12(13)4)16(11(2)3)15(10-17)18-5/h6-9,18H,1-2H2,3-5H3/b16-15+. The van der Waals surface area contributed by atoms with E-state index >= 15 is 0 Å². The van der Waals surface area contributed by atoms with Crippen molar-refractivity contribution in [3.8, 4) is 6.07 Å². The summed E-state index contributed by atoms with van der Waals surface area (Å²) in [7, 11) is 1.74. The van der Waals surface area contributed by atoms with E-state index in [2.05, 4.69) is 30.6 Å². The molecule has 2 nitrogen and oxygen atoms in total. The van der Waals surface area contributed by atoms with Gasteiger partial charge in [-0.25, -0.2) is 0 Å². The van der Waals surface area contributed by atoms with E-state index in [0.29, 0.717) is 5.70 Å². The number of nitrogens with one attached hydrogen (secondary N) is 1. The minimum absolute atomic E-state index is 0.535. The van der Waals surface area contributed by atoms with Crippen molar-refractivity contribution in [3.05, 3.63) is 59.3 Å². The molecule has 0 saturated carbocycles. The van der Waals surface area contributed by atoms with Crippen LogP contribution in [0.4, 0.5) is 0 Å². The normalized spacial score (nSPS) is 11.2. The molecule has 0 aliphatic heterocycles. The molecular weight excluding hydrogens is 220 g/mol. The molecule has 92 valence electrons. The Kier molecular flexibility index (Phi) is 4.51. The minimum Gasteiger partial charge on any atom is -0.379 e. The predicted octanol–water partition coefficient (Wildman–Crippen LogP) is 3.67. The number of benzene rings is 1. The molecule has 0 aliphatic carbocycles. The molecule has 1 N–H and O–H groups in total. The van der Waals surface area contributed by atoms with Crippen LogP contribution in [0.15, 0.2) is 42.6 Å². The maximum atomic E-state index is 9.15. The second-order valence-corrected chi connectivity index (χ2v) is 4.17. The smallest absolute Gasteiger partial charge is 0.121 e. The van der Waals surface area contributed by atoms with Gasteiger partial charge in [0.15, 0.2) is 0 Å². The van der Waals surface area contributed by atoms with Crippen molar-refractivity contribution in [2.75, 3.05) is 7.05 Å². The van der Waals surface area contributed by atoms with Gasteiger partial charge in [-0.1, -0.05) is 37.4 Å². The van der Waals surface area contributed by atoms with E-state index in [0.717, 1.165) is 27.8 Å². The first kappa shape index (κ1) is 13.8. The number of aryl methyl sites for hydroxylation is 1. The lowest BCUT2D eigenvalue weighted by Crippen LogP contribution is -2.07. The van der Waals surface area contributed by atoms with Crippen LogP contribution < -0.4 is 5.32 Å². The molecule has 1 aromatic carbocycles. The van der Waals surface area contributed by atoms with Crippen LogP contribution in [0, 0.1) is 18.3 Å². The number of nitrogens with zero attached hydrogens (tertiary/aromatic N) is 1. The average Bonchev–Trinajstić information content (AvgIpc) is 2.35. The van der Waals surface area contributed by atoms with Gasteiger partial charge in [0.1, 0.15) is 11.8 Å². The molecule has 0 bridgehead atoms. The first-order valence-electron chi connectivity index (χ1n) is 5.76. The molecule has 0 aromatic heterocycles. The summed E-state index contributed by atoms with van der Waals surface area (Å²) in [5.41, 5.74) is 5.49. The van der Waals surface area contributed by atoms with Crippen molar-refractivity contribution in [3.63, 3.8) is 0 Å². The van der Waals surface area contributed by atoms with Crippen molar-refractivity contribution < 1.29 is 0 Å². The summed E-state index contributed by atoms with van der Waals surface area (Å²) in [5.74, 6) is 0. The fraction of sp³-hybridized carbons (Fsp3) is 0.188. The Morgan fingerprint density at radius 1 is 1.44 bits per heavy atom. The molecule has 0 fully saturated rings. The van der Waals surface area contributed by atoms with Gasteiger partial charge < -0.3 is 5.32 Å². The highest BCUT2D eigenvalue weighted by molar-refractivity contribution is 5.82. The zero-order chi connectivity index (χ0) is 13.7. The van der Waals surface area contributed by atoms with Crippen LogP contribution in [0.25, 0.3) is 11.6 Å². The Balaban J connectivity index is 3.47. The topological polar surface area (TPSA) is 35.8 Å². The van der Waals surface area contributed by atoms with E-state index in [4.69, 9.17) is 5.26 Å². The van der Waals surface area contributed by atoms with E-state index < -0.39 is 0 Å². The predicted molar refractivity (Wildman–Crippen MR) is 77.7 cm³/mol. The molecule has 18 heavy (non-hydrogen) atoms. The zero-order valence-corrected chi connectivity index (χ0v) is 11.2. The third-order valence-electron chi connectivity index (χ3n) is 2.82. The van der Waals surface area contributed by atoms with Crippen molar-refractivity contribution in [1.82, 2.24) is 5.32 Å². The van der Waals surface area contributed by atoms with Crippen molar-refractivity contribution in [1.29, 1.82) is 5.26 Å². The van der Waals surface area contributed by atoms with Gasteiger partial charge in [-0.2, -0.15) is 5.26 Å². The van der Waals surface area contributed by atoms with Crippen LogP contribution in [0.2, 0.25) is 0 Å². The SMILES string of the molecule is C=Cc1ccc(/C(C(=C)C)=C(\C#N)NC)cc1C. The van der Waals surface area contributed by atoms with Gasteiger partial charge >= 0.3 is 0 Å². The van der Waals surface area contributed by atoms with E-state index in [9.17, 15) is 0 Å². The summed E-state index contributed by atoms with van der Waals surface area (Å²) in [6.45, 7) is 11.7. The van der Waals surface area contributed by atoms with E-state index in [1.165, 1.54) is 0 Å². The van der Waals surface area contributed by atoms with Gasteiger partial charge in [-0.3, -0.25) is 0 Å². The fourth-order valence-electron chi connectivity index (χ4n) is 1.90. The van der Waals surface area contributed by atoms with Gasteiger partial charge in [0.2, 0.25) is 0 Å². The van der Waals surface area contributed by atoms with Crippen LogP contribution in [0.5, 0.6) is 0 Å². The number of nitriles is 1. The summed E-state index contributed by atoms with van der Waals surface area (Å²) in [4.78, 5) is 0. The van der Waals surface area contributed by atoms with Gasteiger partial charge in [-0.15, -0.1) is 0 Å². The highest BCUT2D eigenvalue weighted by atomic mass is 14.8. The van der Waals surface area contributed by atoms with Crippen LogP contribution in [-0.2, 0) is 0 Å². The van der Waals surface area contributed by atoms with Crippen LogP contribution >= 0.6 is 0 Å². The van der Waals surface area contributed by atoms with Crippen LogP contribution in [0.1, 0.15) is 23.6 Å². The monoisotopic (exact) mass is 238 g/mol. The average molecular weight is 238 g/mol. The van der Waals surface area contributed by atoms with Gasteiger partial charge in [0.05, 0.1) is 0 Å². The molecule has 0 atom stereocenters. The maximum absolute atomic E-state index is 9.15. The summed E-state index contributed by atoms with van der Waals surface area (Å²) in [6.07, 6.45) is 1.83. The molecule has 2 heteroatoms. The molecule has 0 saturated heterocycles. The number of hydrogen-bond donors (Lipinski definition) is 1. The molecule has 0 radical (unpaired) electrons. The highest BCUT2D eigenvalue weighted by Gasteiger charge is 2.10. The number of allylic oxidation sites excluding steroid dienone is 3. The first-order chi connectivity index (χ1) is 8.54. The summed E-state index contributed by atoms with van der Waals surface area (Å²) in [6, 6.07) is 8.21. The second-order valence-electron chi connectivity index (χ2n) is 4.17. The summed E-state index contributed by atoms with van der Waals surface area (Å²) >= 11 is 0. The lowest BCUT2D eigenvalue weighted by Gasteiger charge is -2.12. The Morgan fingerprint density at radius 2 is 2.11 bits per heavy atom. The lowest BCUT2D eigenvalue weighted by molar-refractivity contribution is 1.04. The fourth-order valence-corrected chi connectivity index (χ4v) is 1.90. The molecule has 0 unspecified atom stereocenters. The van der Waals surface area contributed by atoms with Crippen molar-refractivity contribution in [2.24, 2.45) is 0 Å². The van der Waals surface area contributed by atoms with Gasteiger partial charge in [-0.05, 0) is 36.1 Å². The molecule has 0 spiro atoms. The third-order valence-corrected chi connectivity index (χ3v) is 2.82. The highest BCUT2D eigenvalue weighted by Crippen LogP contribution is 2.26. The second kappa shape index (κ2) is 5.88. The Labute approximate surface area is 109 Å². The quantitative estimate of drug-likeness (QED) is 0.641. The summed E-state index contributed by atoms with van der Waals surface area (Å²) < 4.78 is 0. The Morgan fingerprint density at radius 3 is 2.50 bits per heavy atom. The van der Waals surface area contributed by atoms with Crippen LogP contribution in [0.3, 0.4) is 0 Å². The Bertz CT molecular complexity index is 557. The minimum atomic E-state index is 0.535. The first-order valence-corrected chi connectivity index (χ1v) is 5.76. The van der Waals surface area contributed by atoms with Gasteiger partial charge in [0, 0.05) is 12.6 Å². The molecule has 0 aliphatic rings. The zero-order valence-electron chi connectivity index (χ0n) is 11.2. The molecule has 0 amide bonds. The van der Waals surface area contributed by atoms with Crippen LogP contribution in [-0.4, -0.2) is 7.05 Å². The number of rotatable bonds is 4. The Hall–Kier alpha value is -2.27. The van der Waals surface area contributed by atoms with Crippen molar-refractivity contribution in [2.45, 2.75) is 13.8 Å². The van der Waals surface area contributed by atoms with E-state index in [-0.39, 0.29) is 0 Å². The van der Waals surface area contributed by atoms with Crippen molar-refractivity contribution >= 4 is 11.6 Å². The molecule has 0 heterocycles.